The molecule has 2 heterocycles. The summed E-state index contributed by atoms with van der Waals surface area (Å²) in [6, 6.07) is 7.76. The summed E-state index contributed by atoms with van der Waals surface area (Å²) < 4.78 is 45.2. The number of carbonyl (C=O) groups is 5. The van der Waals surface area contributed by atoms with Crippen molar-refractivity contribution in [2.45, 2.75) is 103 Å². The number of aliphatic hydroxyl groups excluding tert-OH is 2. The molecular formula is C29H39NO15. The van der Waals surface area contributed by atoms with Crippen LogP contribution in [-0.4, -0.2) is 115 Å². The number of rotatable bonds is 12. The Morgan fingerprint density at radius 3 is 1.89 bits per heavy atom. The Morgan fingerprint density at radius 2 is 1.33 bits per heavy atom. The first-order valence-corrected chi connectivity index (χ1v) is 14.1. The number of amides is 1. The van der Waals surface area contributed by atoms with Gasteiger partial charge in [-0.3, -0.25) is 24.0 Å². The number of hydrogen-bond donors (Lipinski definition) is 3. The second-order valence-electron chi connectivity index (χ2n) is 10.4. The molecule has 2 aliphatic rings. The van der Waals surface area contributed by atoms with Crippen LogP contribution in [0, 0.1) is 0 Å². The lowest BCUT2D eigenvalue weighted by Gasteiger charge is -2.48. The van der Waals surface area contributed by atoms with Crippen LogP contribution >= 0.6 is 0 Å². The van der Waals surface area contributed by atoms with Gasteiger partial charge in [-0.2, -0.15) is 0 Å². The Balaban J connectivity index is 2.03. The van der Waals surface area contributed by atoms with E-state index in [0.717, 1.165) is 33.3 Å². The molecule has 3 N–H and O–H groups in total. The zero-order valence-electron chi connectivity index (χ0n) is 25.5. The van der Waals surface area contributed by atoms with E-state index in [9.17, 15) is 34.2 Å². The van der Waals surface area contributed by atoms with Crippen LogP contribution in [0.5, 0.6) is 0 Å². The van der Waals surface area contributed by atoms with Crippen LogP contribution in [0.2, 0.25) is 0 Å². The molecule has 2 aliphatic heterocycles. The maximum Gasteiger partial charge on any atom is 0.303 e. The third-order valence-corrected chi connectivity index (χ3v) is 6.72. The monoisotopic (exact) mass is 641 g/mol. The van der Waals surface area contributed by atoms with Gasteiger partial charge in [-0.15, -0.1) is 0 Å². The maximum atomic E-state index is 12.3. The fourth-order valence-electron chi connectivity index (χ4n) is 4.97. The molecule has 0 radical (unpaired) electrons. The molecule has 16 nitrogen and oxygen atoms in total. The van der Waals surface area contributed by atoms with Gasteiger partial charge in [0.1, 0.15) is 37.1 Å². The standard InChI is InChI=1S/C29H39NO15/c1-14(32)30-22-25(23(37)20(11-31)43-28(22)39-12-19-9-7-6-8-10-19)45-29-27(42-18(5)36)26(41-17(4)35)24(40-16(3)34)21(44-29)13-38-15(2)33/h6-10,20-29,31,37H,11-13H2,1-5H3,(H,30,32)/t20?,21?,22-,23-,24-,25?,26-,27-,28-,29-/m0/s1. The number of nitrogens with one attached hydrogen (secondary N) is 1. The van der Waals surface area contributed by atoms with E-state index < -0.39 is 104 Å². The molecule has 1 aromatic rings. The molecule has 16 heteroatoms. The third kappa shape index (κ3) is 10.2. The lowest BCUT2D eigenvalue weighted by atomic mass is 9.95. The fraction of sp³-hybridized carbons (Fsp3) is 0.621. The van der Waals surface area contributed by atoms with Crippen molar-refractivity contribution in [3.63, 3.8) is 0 Å². The summed E-state index contributed by atoms with van der Waals surface area (Å²) in [5.74, 6) is -3.79. The van der Waals surface area contributed by atoms with Crippen molar-refractivity contribution in [1.29, 1.82) is 0 Å². The van der Waals surface area contributed by atoms with E-state index in [1.807, 2.05) is 6.07 Å². The lowest BCUT2D eigenvalue weighted by molar-refractivity contribution is -0.347. The predicted molar refractivity (Wildman–Crippen MR) is 147 cm³/mol. The van der Waals surface area contributed by atoms with Crippen LogP contribution in [0.15, 0.2) is 30.3 Å². The number of carbonyl (C=O) groups excluding carboxylic acids is 5. The first-order chi connectivity index (χ1) is 21.3. The van der Waals surface area contributed by atoms with Crippen LogP contribution in [0.3, 0.4) is 0 Å². The molecule has 45 heavy (non-hydrogen) atoms. The number of ether oxygens (including phenoxy) is 8. The van der Waals surface area contributed by atoms with Gasteiger partial charge in [-0.1, -0.05) is 30.3 Å². The summed E-state index contributed by atoms with van der Waals surface area (Å²) >= 11 is 0. The van der Waals surface area contributed by atoms with Crippen LogP contribution in [0.4, 0.5) is 0 Å². The van der Waals surface area contributed by atoms with Gasteiger partial charge in [-0.25, -0.2) is 0 Å². The highest BCUT2D eigenvalue weighted by atomic mass is 16.7. The largest absolute Gasteiger partial charge is 0.463 e. The van der Waals surface area contributed by atoms with Crippen LogP contribution in [-0.2, 0) is 68.5 Å². The first-order valence-electron chi connectivity index (χ1n) is 14.1. The Hall–Kier alpha value is -3.67. The Morgan fingerprint density at radius 1 is 0.756 bits per heavy atom. The van der Waals surface area contributed by atoms with Gasteiger partial charge in [0.15, 0.2) is 30.9 Å². The summed E-state index contributed by atoms with van der Waals surface area (Å²) in [6.07, 6.45) is -13.2. The summed E-state index contributed by atoms with van der Waals surface area (Å²) in [7, 11) is 0. The van der Waals surface area contributed by atoms with Gasteiger partial charge < -0.3 is 53.4 Å². The molecule has 10 atom stereocenters. The van der Waals surface area contributed by atoms with Crippen molar-refractivity contribution in [3.05, 3.63) is 35.9 Å². The molecular weight excluding hydrogens is 602 g/mol. The van der Waals surface area contributed by atoms with Gasteiger partial charge >= 0.3 is 23.9 Å². The zero-order valence-corrected chi connectivity index (χ0v) is 25.5. The van der Waals surface area contributed by atoms with Crippen molar-refractivity contribution in [1.82, 2.24) is 5.32 Å². The highest BCUT2D eigenvalue weighted by Gasteiger charge is 2.56. The number of hydrogen-bond acceptors (Lipinski definition) is 15. The minimum Gasteiger partial charge on any atom is -0.463 e. The van der Waals surface area contributed by atoms with E-state index >= 15 is 0 Å². The summed E-state index contributed by atoms with van der Waals surface area (Å²) in [5, 5.41) is 23.9. The summed E-state index contributed by atoms with van der Waals surface area (Å²) in [6.45, 7) is 4.38. The average Bonchev–Trinajstić information content (AvgIpc) is 2.96. The summed E-state index contributed by atoms with van der Waals surface area (Å²) in [5.41, 5.74) is 0.756. The normalized spacial score (nSPS) is 31.3. The van der Waals surface area contributed by atoms with E-state index in [4.69, 9.17) is 37.9 Å². The quantitative estimate of drug-likeness (QED) is 0.189. The van der Waals surface area contributed by atoms with Gasteiger partial charge in [0.05, 0.1) is 13.2 Å². The third-order valence-electron chi connectivity index (χ3n) is 6.72. The fourth-order valence-corrected chi connectivity index (χ4v) is 4.97. The zero-order chi connectivity index (χ0) is 33.3. The molecule has 0 bridgehead atoms. The minimum absolute atomic E-state index is 0.0155. The number of benzene rings is 1. The molecule has 2 saturated heterocycles. The summed E-state index contributed by atoms with van der Waals surface area (Å²) in [4.78, 5) is 60.3. The predicted octanol–water partition coefficient (Wildman–Crippen LogP) is -0.746. The highest BCUT2D eigenvalue weighted by Crippen LogP contribution is 2.34. The molecule has 2 fully saturated rings. The van der Waals surface area contributed by atoms with Gasteiger partial charge in [0.2, 0.25) is 5.91 Å². The Labute approximate surface area is 259 Å². The van der Waals surface area contributed by atoms with E-state index in [-0.39, 0.29) is 6.61 Å². The Bertz CT molecular complexity index is 1180. The maximum absolute atomic E-state index is 12.3. The van der Waals surface area contributed by atoms with Crippen molar-refractivity contribution in [2.75, 3.05) is 13.2 Å². The van der Waals surface area contributed by atoms with Gasteiger partial charge in [0, 0.05) is 34.6 Å². The molecule has 0 spiro atoms. The van der Waals surface area contributed by atoms with E-state index in [2.05, 4.69) is 5.32 Å². The van der Waals surface area contributed by atoms with Crippen molar-refractivity contribution in [2.24, 2.45) is 0 Å². The average molecular weight is 642 g/mol. The number of esters is 4. The van der Waals surface area contributed by atoms with E-state index in [1.54, 1.807) is 24.3 Å². The molecule has 0 aromatic heterocycles. The second kappa shape index (κ2) is 16.6. The molecule has 3 rings (SSSR count). The second-order valence-corrected chi connectivity index (χ2v) is 10.4. The lowest BCUT2D eigenvalue weighted by Crippen LogP contribution is -2.68. The van der Waals surface area contributed by atoms with Crippen LogP contribution in [0.25, 0.3) is 0 Å². The van der Waals surface area contributed by atoms with E-state index in [1.165, 1.54) is 6.92 Å². The van der Waals surface area contributed by atoms with Crippen molar-refractivity contribution < 1.29 is 72.1 Å². The Kier molecular flexibility index (Phi) is 13.2. The van der Waals surface area contributed by atoms with Gasteiger partial charge in [0.25, 0.3) is 0 Å². The molecule has 3 unspecified atom stereocenters. The first kappa shape index (κ1) is 35.8. The number of aliphatic hydroxyl groups is 2. The van der Waals surface area contributed by atoms with E-state index in [0.29, 0.717) is 0 Å². The highest BCUT2D eigenvalue weighted by molar-refractivity contribution is 5.73. The molecule has 1 aromatic carbocycles. The van der Waals surface area contributed by atoms with Crippen molar-refractivity contribution >= 4 is 29.8 Å². The molecule has 250 valence electrons. The van der Waals surface area contributed by atoms with Crippen LogP contribution in [0.1, 0.15) is 40.2 Å². The smallest absolute Gasteiger partial charge is 0.303 e. The SMILES string of the molecule is CC(=O)N[C@H]1C(O[C@@H]2OC(COC(C)=O)[C@H](OC(C)=O)[C@H](OC(C)=O)[C@@H]2OC(C)=O)[C@@H](O)C(CO)O[C@@H]1OCc1ccccc1. The molecule has 1 amide bonds. The molecule has 0 saturated carbocycles. The van der Waals surface area contributed by atoms with Gasteiger partial charge in [-0.05, 0) is 5.56 Å². The molecule has 0 aliphatic carbocycles. The minimum atomic E-state index is -1.69. The van der Waals surface area contributed by atoms with Crippen LogP contribution < -0.4 is 5.32 Å². The topological polar surface area (TPSA) is 212 Å². The van der Waals surface area contributed by atoms with Crippen molar-refractivity contribution in [3.8, 4) is 0 Å².